The summed E-state index contributed by atoms with van der Waals surface area (Å²) in [5.41, 5.74) is 10.5. The van der Waals surface area contributed by atoms with Gasteiger partial charge in [0.1, 0.15) is 0 Å². The summed E-state index contributed by atoms with van der Waals surface area (Å²) in [6.07, 6.45) is 0. The molecular weight excluding hydrogens is 595 g/mol. The molecule has 0 saturated carbocycles. The van der Waals surface area contributed by atoms with E-state index in [4.69, 9.17) is 0 Å². The van der Waals surface area contributed by atoms with E-state index in [-0.39, 0.29) is 0 Å². The SMILES string of the molecule is c1ccc(N(c2ccccc2)c2ccc(-n3c4ccccc4c4cc5cc6c7ccccc7n(-c7ccccc7)c6cc5cc43)cc2)cc1. The van der Waals surface area contributed by atoms with Crippen LogP contribution in [0.3, 0.4) is 0 Å². The summed E-state index contributed by atoms with van der Waals surface area (Å²) in [6, 6.07) is 67.8. The standard InChI is InChI=1S/C46H31N3/c1-4-14-34(15-5-1)47(35-16-6-2-7-17-35)37-24-26-38(27-25-37)49-44-23-13-11-21-40(44)42-29-32-28-41-39-20-10-12-22-43(39)48(36-18-8-3-9-19-36)45(41)30-33(32)31-46(42)49/h1-31H. The van der Waals surface area contributed by atoms with Crippen LogP contribution in [-0.2, 0) is 0 Å². The molecule has 2 aromatic heterocycles. The van der Waals surface area contributed by atoms with E-state index in [9.17, 15) is 0 Å². The lowest BCUT2D eigenvalue weighted by atomic mass is 10.0. The molecule has 0 N–H and O–H groups in total. The summed E-state index contributed by atoms with van der Waals surface area (Å²) in [7, 11) is 0. The molecular formula is C46H31N3. The molecule has 0 aliphatic carbocycles. The first-order valence-corrected chi connectivity index (χ1v) is 16.8. The zero-order valence-corrected chi connectivity index (χ0v) is 26.7. The summed E-state index contributed by atoms with van der Waals surface area (Å²) in [6.45, 7) is 0. The zero-order valence-electron chi connectivity index (χ0n) is 26.7. The van der Waals surface area contributed by atoms with Gasteiger partial charge in [-0.15, -0.1) is 0 Å². The summed E-state index contributed by atoms with van der Waals surface area (Å²) in [5.74, 6) is 0. The van der Waals surface area contributed by atoms with Gasteiger partial charge < -0.3 is 14.0 Å². The Kier molecular flexibility index (Phi) is 6.18. The quantitative estimate of drug-likeness (QED) is 0.185. The topological polar surface area (TPSA) is 13.1 Å². The van der Waals surface area contributed by atoms with Crippen molar-refractivity contribution < 1.29 is 0 Å². The summed E-state index contributed by atoms with van der Waals surface area (Å²) < 4.78 is 4.81. The molecule has 3 nitrogen and oxygen atoms in total. The first kappa shape index (κ1) is 27.5. The van der Waals surface area contributed by atoms with Crippen LogP contribution in [0.1, 0.15) is 0 Å². The zero-order chi connectivity index (χ0) is 32.3. The minimum absolute atomic E-state index is 1.11. The molecule has 49 heavy (non-hydrogen) atoms. The van der Waals surface area contributed by atoms with Crippen molar-refractivity contribution in [1.29, 1.82) is 0 Å². The number of nitrogens with zero attached hydrogens (tertiary/aromatic N) is 3. The van der Waals surface area contributed by atoms with E-state index in [2.05, 4.69) is 202 Å². The summed E-state index contributed by atoms with van der Waals surface area (Å²) >= 11 is 0. The molecule has 0 bridgehead atoms. The molecule has 0 saturated heterocycles. The van der Waals surface area contributed by atoms with Crippen molar-refractivity contribution in [3.05, 3.63) is 188 Å². The highest BCUT2D eigenvalue weighted by molar-refractivity contribution is 6.18. The van der Waals surface area contributed by atoms with Crippen molar-refractivity contribution >= 4 is 71.4 Å². The maximum absolute atomic E-state index is 2.42. The highest BCUT2D eigenvalue weighted by atomic mass is 15.1. The van der Waals surface area contributed by atoms with Gasteiger partial charge in [0, 0.05) is 50.0 Å². The van der Waals surface area contributed by atoms with Gasteiger partial charge in [0.15, 0.2) is 0 Å². The van der Waals surface area contributed by atoms with Crippen molar-refractivity contribution in [2.24, 2.45) is 0 Å². The molecule has 0 spiro atoms. The Balaban J connectivity index is 1.18. The number of aromatic nitrogens is 2. The third-order valence-electron chi connectivity index (χ3n) is 9.83. The van der Waals surface area contributed by atoms with Gasteiger partial charge in [0.2, 0.25) is 0 Å². The van der Waals surface area contributed by atoms with E-state index in [1.807, 2.05) is 0 Å². The molecule has 0 aliphatic rings. The van der Waals surface area contributed by atoms with Crippen molar-refractivity contribution in [2.75, 3.05) is 4.90 Å². The fraction of sp³-hybridized carbons (Fsp3) is 0. The molecule has 0 fully saturated rings. The number of para-hydroxylation sites is 5. The average molecular weight is 626 g/mol. The molecule has 10 rings (SSSR count). The van der Waals surface area contributed by atoms with Crippen molar-refractivity contribution in [1.82, 2.24) is 9.13 Å². The lowest BCUT2D eigenvalue weighted by molar-refractivity contribution is 1.17. The lowest BCUT2D eigenvalue weighted by Gasteiger charge is -2.25. The van der Waals surface area contributed by atoms with Crippen LogP contribution in [0.25, 0.3) is 65.8 Å². The first-order chi connectivity index (χ1) is 24.3. The van der Waals surface area contributed by atoms with Crippen LogP contribution in [-0.4, -0.2) is 9.13 Å². The van der Waals surface area contributed by atoms with Crippen molar-refractivity contribution in [3.8, 4) is 11.4 Å². The van der Waals surface area contributed by atoms with E-state index in [1.54, 1.807) is 0 Å². The highest BCUT2D eigenvalue weighted by Gasteiger charge is 2.18. The second-order valence-electron chi connectivity index (χ2n) is 12.6. The van der Waals surface area contributed by atoms with Crippen LogP contribution in [0.15, 0.2) is 188 Å². The normalized spacial score (nSPS) is 11.7. The Morgan fingerprint density at radius 2 is 0.673 bits per heavy atom. The Morgan fingerprint density at radius 1 is 0.286 bits per heavy atom. The largest absolute Gasteiger partial charge is 0.311 e. The van der Waals surface area contributed by atoms with Gasteiger partial charge in [-0.1, -0.05) is 91.0 Å². The van der Waals surface area contributed by atoms with Crippen molar-refractivity contribution in [2.45, 2.75) is 0 Å². The Bertz CT molecular complexity index is 2750. The third kappa shape index (κ3) is 4.37. The molecule has 0 amide bonds. The molecule has 8 aromatic carbocycles. The van der Waals surface area contributed by atoms with Gasteiger partial charge in [-0.05, 0) is 108 Å². The molecule has 2 heterocycles. The number of hydrogen-bond acceptors (Lipinski definition) is 1. The number of rotatable bonds is 5. The fourth-order valence-electron chi connectivity index (χ4n) is 7.66. The number of hydrogen-bond donors (Lipinski definition) is 0. The van der Waals surface area contributed by atoms with Gasteiger partial charge in [0.05, 0.1) is 22.1 Å². The van der Waals surface area contributed by atoms with Crippen LogP contribution < -0.4 is 4.90 Å². The van der Waals surface area contributed by atoms with E-state index < -0.39 is 0 Å². The molecule has 10 aromatic rings. The Morgan fingerprint density at radius 3 is 1.18 bits per heavy atom. The Labute approximate surface area is 284 Å². The molecule has 230 valence electrons. The van der Waals surface area contributed by atoms with Crippen molar-refractivity contribution in [3.63, 3.8) is 0 Å². The highest BCUT2D eigenvalue weighted by Crippen LogP contribution is 2.40. The van der Waals surface area contributed by atoms with Crippen LogP contribution in [0.2, 0.25) is 0 Å². The van der Waals surface area contributed by atoms with Crippen LogP contribution in [0.5, 0.6) is 0 Å². The maximum atomic E-state index is 2.42. The minimum Gasteiger partial charge on any atom is -0.311 e. The monoisotopic (exact) mass is 625 g/mol. The van der Waals surface area contributed by atoms with Crippen LogP contribution in [0, 0.1) is 0 Å². The number of benzene rings is 8. The first-order valence-electron chi connectivity index (χ1n) is 16.8. The summed E-state index contributed by atoms with van der Waals surface area (Å²) in [5, 5.41) is 7.52. The smallest absolute Gasteiger partial charge is 0.0547 e. The molecule has 0 aliphatic heterocycles. The van der Waals surface area contributed by atoms with Gasteiger partial charge in [-0.25, -0.2) is 0 Å². The predicted molar refractivity (Wildman–Crippen MR) is 207 cm³/mol. The fourth-order valence-corrected chi connectivity index (χ4v) is 7.66. The second kappa shape index (κ2) is 11.0. The van der Waals surface area contributed by atoms with E-state index >= 15 is 0 Å². The van der Waals surface area contributed by atoms with E-state index in [0.29, 0.717) is 0 Å². The van der Waals surface area contributed by atoms with Gasteiger partial charge in [-0.2, -0.15) is 0 Å². The minimum atomic E-state index is 1.11. The number of fused-ring (bicyclic) bond motifs is 7. The van der Waals surface area contributed by atoms with Gasteiger partial charge >= 0.3 is 0 Å². The summed E-state index contributed by atoms with van der Waals surface area (Å²) in [4.78, 5) is 2.31. The van der Waals surface area contributed by atoms with Gasteiger partial charge in [-0.3, -0.25) is 0 Å². The van der Waals surface area contributed by atoms with Crippen LogP contribution in [0.4, 0.5) is 17.1 Å². The van der Waals surface area contributed by atoms with Gasteiger partial charge in [0.25, 0.3) is 0 Å². The molecule has 0 radical (unpaired) electrons. The Hall–Kier alpha value is -6.58. The average Bonchev–Trinajstić information content (AvgIpc) is 3.66. The van der Waals surface area contributed by atoms with E-state index in [0.717, 1.165) is 22.7 Å². The van der Waals surface area contributed by atoms with Crippen LogP contribution >= 0.6 is 0 Å². The molecule has 0 atom stereocenters. The third-order valence-corrected chi connectivity index (χ3v) is 9.83. The number of anilines is 3. The maximum Gasteiger partial charge on any atom is 0.0547 e. The molecule has 0 unspecified atom stereocenters. The van der Waals surface area contributed by atoms with E-state index in [1.165, 1.54) is 60.1 Å². The lowest BCUT2D eigenvalue weighted by Crippen LogP contribution is -2.09. The molecule has 3 heteroatoms. The second-order valence-corrected chi connectivity index (χ2v) is 12.6. The predicted octanol–water partition coefficient (Wildman–Crippen LogP) is 12.5.